The minimum absolute atomic E-state index is 0.0281. The molecule has 10 nitrogen and oxygen atoms in total. The van der Waals surface area contributed by atoms with E-state index < -0.39 is 80.2 Å². The molecule has 4 atom stereocenters. The molecule has 4 rings (SSSR count). The zero-order valence-corrected chi connectivity index (χ0v) is 27.7. The SMILES string of the molecule is COc1cc(C(=O)NC[C@@](O)(c2cc3c(c(-c4ccc(F)cc4)n2)OC[C@@]3(C)NS(=O)C(C)(C)C)C(F)(F)F)cc(F)c1OC[C@@H](C)O. The normalized spacial score (nSPS) is 18.7. The Kier molecular flexibility index (Phi) is 10.4. The van der Waals surface area contributed by atoms with E-state index in [0.29, 0.717) is 6.07 Å². The minimum atomic E-state index is -5.43. The lowest BCUT2D eigenvalue weighted by Gasteiger charge is -2.32. The van der Waals surface area contributed by atoms with Crippen molar-refractivity contribution in [2.24, 2.45) is 0 Å². The summed E-state index contributed by atoms with van der Waals surface area (Å²) in [6.45, 7) is 6.09. The smallest absolute Gasteiger partial charge is 0.424 e. The number of nitrogens with zero attached hydrogens (tertiary/aromatic N) is 1. The Balaban J connectivity index is 1.78. The third kappa shape index (κ3) is 7.56. The second-order valence-electron chi connectivity index (χ2n) is 12.5. The zero-order chi connectivity index (χ0) is 35.8. The van der Waals surface area contributed by atoms with Crippen LogP contribution < -0.4 is 24.2 Å². The molecule has 0 saturated carbocycles. The summed E-state index contributed by atoms with van der Waals surface area (Å²) >= 11 is 0. The number of fused-ring (bicyclic) bond motifs is 1. The van der Waals surface area contributed by atoms with Gasteiger partial charge < -0.3 is 29.7 Å². The highest BCUT2D eigenvalue weighted by molar-refractivity contribution is 7.84. The van der Waals surface area contributed by atoms with Crippen LogP contribution in [-0.4, -0.2) is 69.2 Å². The second kappa shape index (κ2) is 13.6. The number of halogens is 5. The molecular weight excluding hydrogens is 665 g/mol. The lowest BCUT2D eigenvalue weighted by Crippen LogP contribution is -2.52. The number of carbonyl (C=O) groups excluding carboxylic acids is 1. The average Bonchev–Trinajstić information content (AvgIpc) is 3.33. The molecule has 1 unspecified atom stereocenters. The molecule has 0 saturated heterocycles. The second-order valence-corrected chi connectivity index (χ2v) is 14.5. The van der Waals surface area contributed by atoms with Gasteiger partial charge in [0.25, 0.3) is 5.91 Å². The third-order valence-electron chi connectivity index (χ3n) is 7.42. The van der Waals surface area contributed by atoms with Gasteiger partial charge in [-0.2, -0.15) is 13.2 Å². The lowest BCUT2D eigenvalue weighted by molar-refractivity contribution is -0.265. The molecule has 1 amide bonds. The van der Waals surface area contributed by atoms with Gasteiger partial charge in [-0.1, -0.05) is 0 Å². The molecule has 262 valence electrons. The Bertz CT molecular complexity index is 1700. The summed E-state index contributed by atoms with van der Waals surface area (Å²) in [4.78, 5) is 17.2. The number of aromatic nitrogens is 1. The van der Waals surface area contributed by atoms with Crippen LogP contribution in [0.25, 0.3) is 11.3 Å². The predicted octanol–water partition coefficient (Wildman–Crippen LogP) is 4.63. The molecule has 48 heavy (non-hydrogen) atoms. The number of benzene rings is 2. The van der Waals surface area contributed by atoms with E-state index in [1.165, 1.54) is 19.1 Å². The number of hydrogen-bond donors (Lipinski definition) is 4. The maximum Gasteiger partial charge on any atom is 0.424 e. The molecule has 16 heteroatoms. The Morgan fingerprint density at radius 3 is 2.35 bits per heavy atom. The fraction of sp³-hybridized carbons (Fsp3) is 0.438. The van der Waals surface area contributed by atoms with E-state index in [9.17, 15) is 41.2 Å². The van der Waals surface area contributed by atoms with Gasteiger partial charge >= 0.3 is 6.18 Å². The van der Waals surface area contributed by atoms with Crippen molar-refractivity contribution in [2.45, 2.75) is 62.8 Å². The third-order valence-corrected chi connectivity index (χ3v) is 9.17. The molecule has 0 spiro atoms. The number of amides is 1. The van der Waals surface area contributed by atoms with Gasteiger partial charge in [0, 0.05) is 16.7 Å². The maximum atomic E-state index is 14.9. The van der Waals surface area contributed by atoms with Gasteiger partial charge in [-0.25, -0.2) is 22.7 Å². The highest BCUT2D eigenvalue weighted by atomic mass is 32.2. The number of aliphatic hydroxyl groups excluding tert-OH is 1. The van der Waals surface area contributed by atoms with Crippen LogP contribution in [0.15, 0.2) is 42.5 Å². The van der Waals surface area contributed by atoms with Gasteiger partial charge in [0.15, 0.2) is 23.1 Å². The van der Waals surface area contributed by atoms with Gasteiger partial charge in [0.05, 0.1) is 46.7 Å². The summed E-state index contributed by atoms with van der Waals surface area (Å²) in [5, 5.41) is 22.8. The van der Waals surface area contributed by atoms with Gasteiger partial charge in [0.2, 0.25) is 5.60 Å². The number of carbonyl (C=O) groups is 1. The standard InChI is InChI=1S/C32H36F5N3O7S/c1-17(41)14-46-27-22(34)11-19(12-23(27)45-6)28(42)38-15-31(43,32(35,36)37)24-13-21-26(25(39-24)18-7-9-20(33)10-8-18)47-16-30(21,5)40-48(44)29(2,3)4/h7-13,17,40-41,43H,14-16H2,1-6H3,(H,38,42)/t17-,30-,31-,48?/m1/s1. The average molecular weight is 702 g/mol. The number of hydrogen-bond acceptors (Lipinski definition) is 8. The summed E-state index contributed by atoms with van der Waals surface area (Å²) in [6.07, 6.45) is -6.39. The van der Waals surface area contributed by atoms with E-state index in [-0.39, 0.29) is 41.5 Å². The van der Waals surface area contributed by atoms with E-state index in [1.807, 2.05) is 5.32 Å². The van der Waals surface area contributed by atoms with Crippen LogP contribution in [0.2, 0.25) is 0 Å². The van der Waals surface area contributed by atoms with Gasteiger partial charge in [0.1, 0.15) is 24.7 Å². The molecule has 0 radical (unpaired) electrons. The van der Waals surface area contributed by atoms with E-state index in [1.54, 1.807) is 27.7 Å². The van der Waals surface area contributed by atoms with E-state index in [4.69, 9.17) is 14.2 Å². The molecule has 0 aliphatic carbocycles. The summed E-state index contributed by atoms with van der Waals surface area (Å²) < 4.78 is 104. The van der Waals surface area contributed by atoms with Gasteiger partial charge in [-0.15, -0.1) is 0 Å². The van der Waals surface area contributed by atoms with Crippen molar-refractivity contribution in [3.8, 4) is 28.5 Å². The van der Waals surface area contributed by atoms with Gasteiger partial charge in [-0.05, 0) is 77.1 Å². The Morgan fingerprint density at radius 1 is 1.15 bits per heavy atom. The van der Waals surface area contributed by atoms with Crippen LogP contribution in [0.5, 0.6) is 17.2 Å². The van der Waals surface area contributed by atoms with Crippen molar-refractivity contribution in [3.05, 3.63) is 70.9 Å². The number of methoxy groups -OCH3 is 1. The highest BCUT2D eigenvalue weighted by Crippen LogP contribution is 2.47. The van der Waals surface area contributed by atoms with Crippen molar-refractivity contribution in [1.82, 2.24) is 15.0 Å². The van der Waals surface area contributed by atoms with Crippen molar-refractivity contribution in [3.63, 3.8) is 0 Å². The van der Waals surface area contributed by atoms with E-state index >= 15 is 0 Å². The molecule has 4 N–H and O–H groups in total. The number of pyridine rings is 1. The highest BCUT2D eigenvalue weighted by Gasteiger charge is 2.57. The Labute approximate surface area is 276 Å². The molecule has 1 aliphatic rings. The topological polar surface area (TPSA) is 139 Å². The number of alkyl halides is 3. The van der Waals surface area contributed by atoms with Crippen molar-refractivity contribution >= 4 is 16.9 Å². The molecular formula is C32H36F5N3O7S. The fourth-order valence-electron chi connectivity index (χ4n) is 4.68. The first-order chi connectivity index (χ1) is 22.2. The van der Waals surface area contributed by atoms with Crippen LogP contribution in [0, 0.1) is 11.6 Å². The quantitative estimate of drug-likeness (QED) is 0.212. The van der Waals surface area contributed by atoms with Crippen LogP contribution in [-0.2, 0) is 22.1 Å². The van der Waals surface area contributed by atoms with Crippen LogP contribution in [0.1, 0.15) is 56.2 Å². The van der Waals surface area contributed by atoms with Crippen molar-refractivity contribution < 1.29 is 55.4 Å². The number of nitrogens with one attached hydrogen (secondary N) is 2. The summed E-state index contributed by atoms with van der Waals surface area (Å²) in [5.74, 6) is -3.58. The Hall–Kier alpha value is -3.86. The minimum Gasteiger partial charge on any atom is -0.493 e. The first-order valence-corrected chi connectivity index (χ1v) is 15.8. The Morgan fingerprint density at radius 2 is 1.79 bits per heavy atom. The maximum absolute atomic E-state index is 14.9. The molecule has 2 aromatic carbocycles. The number of ether oxygens (including phenoxy) is 3. The monoisotopic (exact) mass is 701 g/mol. The molecule has 0 fully saturated rings. The summed E-state index contributed by atoms with van der Waals surface area (Å²) in [6, 6.07) is 7.36. The van der Waals surface area contributed by atoms with Crippen molar-refractivity contribution in [2.75, 3.05) is 26.9 Å². The van der Waals surface area contributed by atoms with Crippen LogP contribution in [0.4, 0.5) is 22.0 Å². The molecule has 0 bridgehead atoms. The molecule has 2 heterocycles. The first kappa shape index (κ1) is 37.0. The van der Waals surface area contributed by atoms with Crippen LogP contribution >= 0.6 is 0 Å². The number of rotatable bonds is 11. The lowest BCUT2D eigenvalue weighted by atomic mass is 9.89. The van der Waals surface area contributed by atoms with E-state index in [2.05, 4.69) is 9.71 Å². The summed E-state index contributed by atoms with van der Waals surface area (Å²) in [7, 11) is -0.570. The fourth-order valence-corrected chi connectivity index (χ4v) is 5.57. The molecule has 1 aliphatic heterocycles. The molecule has 3 aromatic rings. The van der Waals surface area contributed by atoms with Crippen LogP contribution in [0.3, 0.4) is 0 Å². The largest absolute Gasteiger partial charge is 0.493 e. The number of aliphatic hydroxyl groups is 2. The van der Waals surface area contributed by atoms with Gasteiger partial charge in [-0.3, -0.25) is 4.79 Å². The summed E-state index contributed by atoms with van der Waals surface area (Å²) in [5.41, 5.74) is -6.48. The molecule has 1 aromatic heterocycles. The predicted molar refractivity (Wildman–Crippen MR) is 166 cm³/mol. The zero-order valence-electron chi connectivity index (χ0n) is 26.9. The first-order valence-electron chi connectivity index (χ1n) is 14.6. The van der Waals surface area contributed by atoms with E-state index in [0.717, 1.165) is 31.4 Å². The van der Waals surface area contributed by atoms with Crippen molar-refractivity contribution in [1.29, 1.82) is 0 Å².